The quantitative estimate of drug-likeness (QED) is 0.861. The Morgan fingerprint density at radius 1 is 1.37 bits per heavy atom. The van der Waals surface area contributed by atoms with Crippen molar-refractivity contribution in [3.05, 3.63) is 29.3 Å². The SMILES string of the molecule is CNCc1cc(F)c(F)c(S(=O)(=O)NC2CC2C)c1. The van der Waals surface area contributed by atoms with Crippen molar-refractivity contribution in [1.82, 2.24) is 10.0 Å². The van der Waals surface area contributed by atoms with Crippen molar-refractivity contribution in [3.63, 3.8) is 0 Å². The summed E-state index contributed by atoms with van der Waals surface area (Å²) in [6.45, 7) is 2.15. The molecule has 19 heavy (non-hydrogen) atoms. The van der Waals surface area contributed by atoms with Crippen molar-refractivity contribution in [1.29, 1.82) is 0 Å². The van der Waals surface area contributed by atoms with Gasteiger partial charge in [-0.3, -0.25) is 0 Å². The minimum atomic E-state index is -4.02. The van der Waals surface area contributed by atoms with Gasteiger partial charge < -0.3 is 5.32 Å². The lowest BCUT2D eigenvalue weighted by molar-refractivity contribution is 0.480. The second-order valence-electron chi connectivity index (χ2n) is 4.86. The summed E-state index contributed by atoms with van der Waals surface area (Å²) >= 11 is 0. The lowest BCUT2D eigenvalue weighted by Gasteiger charge is -2.10. The lowest BCUT2D eigenvalue weighted by Crippen LogP contribution is -2.28. The van der Waals surface area contributed by atoms with Gasteiger partial charge in [0.05, 0.1) is 0 Å². The van der Waals surface area contributed by atoms with Gasteiger partial charge in [-0.25, -0.2) is 21.9 Å². The van der Waals surface area contributed by atoms with E-state index in [4.69, 9.17) is 0 Å². The molecule has 0 radical (unpaired) electrons. The molecular formula is C12H16F2N2O2S. The summed E-state index contributed by atoms with van der Waals surface area (Å²) in [5, 5.41) is 2.77. The second kappa shape index (κ2) is 5.15. The number of hydrogen-bond donors (Lipinski definition) is 2. The van der Waals surface area contributed by atoms with E-state index in [2.05, 4.69) is 10.0 Å². The highest BCUT2D eigenvalue weighted by Crippen LogP contribution is 2.31. The van der Waals surface area contributed by atoms with E-state index in [0.29, 0.717) is 5.56 Å². The Hall–Kier alpha value is -1.05. The molecular weight excluding hydrogens is 274 g/mol. The second-order valence-corrected chi connectivity index (χ2v) is 6.54. The molecule has 1 aliphatic carbocycles. The van der Waals surface area contributed by atoms with E-state index >= 15 is 0 Å². The first-order chi connectivity index (χ1) is 8.85. The molecule has 1 fully saturated rings. The van der Waals surface area contributed by atoms with Crippen LogP contribution in [0, 0.1) is 17.6 Å². The number of rotatable bonds is 5. The predicted octanol–water partition coefficient (Wildman–Crippen LogP) is 1.37. The average Bonchev–Trinajstić information content (AvgIpc) is 2.98. The molecule has 0 spiro atoms. The van der Waals surface area contributed by atoms with Crippen molar-refractivity contribution >= 4 is 10.0 Å². The van der Waals surface area contributed by atoms with Gasteiger partial charge >= 0.3 is 0 Å². The molecule has 0 aliphatic heterocycles. The van der Waals surface area contributed by atoms with Gasteiger partial charge in [-0.05, 0) is 37.1 Å². The summed E-state index contributed by atoms with van der Waals surface area (Å²) in [5.41, 5.74) is 0.380. The van der Waals surface area contributed by atoms with Crippen molar-refractivity contribution in [2.45, 2.75) is 30.8 Å². The zero-order valence-electron chi connectivity index (χ0n) is 10.7. The summed E-state index contributed by atoms with van der Waals surface area (Å²) in [6.07, 6.45) is 0.722. The van der Waals surface area contributed by atoms with Crippen LogP contribution in [-0.4, -0.2) is 21.5 Å². The van der Waals surface area contributed by atoms with E-state index in [1.54, 1.807) is 7.05 Å². The van der Waals surface area contributed by atoms with Crippen molar-refractivity contribution in [2.24, 2.45) is 5.92 Å². The Labute approximate surface area is 111 Å². The molecule has 7 heteroatoms. The molecule has 0 amide bonds. The molecule has 2 rings (SSSR count). The van der Waals surface area contributed by atoms with Crippen LogP contribution in [0.1, 0.15) is 18.9 Å². The Bertz CT molecular complexity index is 590. The third kappa shape index (κ3) is 3.10. The Morgan fingerprint density at radius 3 is 2.53 bits per heavy atom. The monoisotopic (exact) mass is 290 g/mol. The molecule has 1 aromatic carbocycles. The van der Waals surface area contributed by atoms with Crippen LogP contribution in [0.2, 0.25) is 0 Å². The summed E-state index contributed by atoms with van der Waals surface area (Å²) in [4.78, 5) is -0.628. The zero-order chi connectivity index (χ0) is 14.2. The first-order valence-corrected chi connectivity index (χ1v) is 7.48. The molecule has 4 nitrogen and oxygen atoms in total. The number of hydrogen-bond acceptors (Lipinski definition) is 3. The van der Waals surface area contributed by atoms with Crippen LogP contribution in [0.25, 0.3) is 0 Å². The third-order valence-corrected chi connectivity index (χ3v) is 4.63. The minimum absolute atomic E-state index is 0.180. The van der Waals surface area contributed by atoms with Gasteiger partial charge in [0.25, 0.3) is 0 Å². The number of halogens is 2. The predicted molar refractivity (Wildman–Crippen MR) is 67.0 cm³/mol. The highest BCUT2D eigenvalue weighted by molar-refractivity contribution is 7.89. The molecule has 2 N–H and O–H groups in total. The Balaban J connectivity index is 2.36. The minimum Gasteiger partial charge on any atom is -0.316 e. The summed E-state index contributed by atoms with van der Waals surface area (Å²) in [6, 6.07) is 1.97. The summed E-state index contributed by atoms with van der Waals surface area (Å²) < 4.78 is 53.5. The number of benzene rings is 1. The lowest BCUT2D eigenvalue weighted by atomic mass is 10.2. The fraction of sp³-hybridized carbons (Fsp3) is 0.500. The molecule has 0 bridgehead atoms. The van der Waals surface area contributed by atoms with Gasteiger partial charge in [0.1, 0.15) is 4.90 Å². The first-order valence-electron chi connectivity index (χ1n) is 6.00. The Morgan fingerprint density at radius 2 is 2.00 bits per heavy atom. The molecule has 0 heterocycles. The van der Waals surface area contributed by atoms with E-state index in [0.717, 1.165) is 18.6 Å². The molecule has 2 atom stereocenters. The highest BCUT2D eigenvalue weighted by atomic mass is 32.2. The van der Waals surface area contributed by atoms with Crippen LogP contribution in [0.15, 0.2) is 17.0 Å². The van der Waals surface area contributed by atoms with Gasteiger partial charge in [0, 0.05) is 12.6 Å². The molecule has 2 unspecified atom stereocenters. The van der Waals surface area contributed by atoms with E-state index in [1.807, 2.05) is 6.92 Å². The zero-order valence-corrected chi connectivity index (χ0v) is 11.5. The standard InChI is InChI=1S/C12H16F2N2O2S/c1-7-3-10(7)16-19(17,18)11-5-8(6-15-2)4-9(13)12(11)14/h4-5,7,10,15-16H,3,6H2,1-2H3. The number of nitrogens with one attached hydrogen (secondary N) is 2. The molecule has 1 aromatic rings. The first kappa shape index (κ1) is 14.4. The highest BCUT2D eigenvalue weighted by Gasteiger charge is 2.37. The van der Waals surface area contributed by atoms with Gasteiger partial charge in [-0.2, -0.15) is 0 Å². The van der Waals surface area contributed by atoms with Crippen LogP contribution < -0.4 is 10.0 Å². The molecule has 0 aromatic heterocycles. The van der Waals surface area contributed by atoms with Gasteiger partial charge in [0.15, 0.2) is 11.6 Å². The molecule has 0 saturated heterocycles. The summed E-state index contributed by atoms with van der Waals surface area (Å²) in [5.74, 6) is -2.25. The van der Waals surface area contributed by atoms with Crippen molar-refractivity contribution in [3.8, 4) is 0 Å². The maximum atomic E-state index is 13.7. The third-order valence-electron chi connectivity index (χ3n) is 3.14. The molecule has 1 aliphatic rings. The van der Waals surface area contributed by atoms with Crippen molar-refractivity contribution in [2.75, 3.05) is 7.05 Å². The van der Waals surface area contributed by atoms with E-state index in [9.17, 15) is 17.2 Å². The molecule has 1 saturated carbocycles. The fourth-order valence-electron chi connectivity index (χ4n) is 1.87. The van der Waals surface area contributed by atoms with E-state index in [1.165, 1.54) is 0 Å². The molecule has 106 valence electrons. The normalized spacial score (nSPS) is 22.5. The van der Waals surface area contributed by atoms with Crippen molar-refractivity contribution < 1.29 is 17.2 Å². The van der Waals surface area contributed by atoms with E-state index in [-0.39, 0.29) is 18.5 Å². The smallest absolute Gasteiger partial charge is 0.243 e. The van der Waals surface area contributed by atoms with E-state index < -0.39 is 26.6 Å². The fourth-order valence-corrected chi connectivity index (χ4v) is 3.36. The maximum Gasteiger partial charge on any atom is 0.243 e. The van der Waals surface area contributed by atoms with Crippen LogP contribution >= 0.6 is 0 Å². The number of sulfonamides is 1. The van der Waals surface area contributed by atoms with Gasteiger partial charge in [-0.15, -0.1) is 0 Å². The Kier molecular flexibility index (Phi) is 3.89. The maximum absolute atomic E-state index is 13.7. The van der Waals surface area contributed by atoms with Crippen LogP contribution in [0.5, 0.6) is 0 Å². The van der Waals surface area contributed by atoms with Gasteiger partial charge in [-0.1, -0.05) is 6.92 Å². The van der Waals surface area contributed by atoms with Crippen LogP contribution in [-0.2, 0) is 16.6 Å². The largest absolute Gasteiger partial charge is 0.316 e. The topological polar surface area (TPSA) is 58.2 Å². The van der Waals surface area contributed by atoms with Gasteiger partial charge in [0.2, 0.25) is 10.0 Å². The average molecular weight is 290 g/mol. The van der Waals surface area contributed by atoms with Crippen LogP contribution in [0.3, 0.4) is 0 Å². The van der Waals surface area contributed by atoms with Crippen LogP contribution in [0.4, 0.5) is 8.78 Å². The summed E-state index contributed by atoms with van der Waals surface area (Å²) in [7, 11) is -2.38.